The fourth-order valence-electron chi connectivity index (χ4n) is 2.47. The highest BCUT2D eigenvalue weighted by atomic mass is 16.5. The standard InChI is InChI=1S/C19H17NO3/c1-23-16-8-4-5-13(9-16)12-20-19(22)17-10-14-6-2-3-7-15(14)11-18(17)21/h2-11,21H,12H2,1H3,(H,20,22). The molecule has 3 aromatic rings. The highest BCUT2D eigenvalue weighted by molar-refractivity contribution is 6.01. The Morgan fingerprint density at radius 1 is 1.04 bits per heavy atom. The maximum atomic E-state index is 12.3. The van der Waals surface area contributed by atoms with Gasteiger partial charge in [-0.1, -0.05) is 36.4 Å². The largest absolute Gasteiger partial charge is 0.507 e. The molecule has 3 rings (SSSR count). The second-order valence-corrected chi connectivity index (χ2v) is 5.25. The second kappa shape index (κ2) is 6.40. The number of amides is 1. The number of nitrogens with one attached hydrogen (secondary N) is 1. The maximum Gasteiger partial charge on any atom is 0.255 e. The summed E-state index contributed by atoms with van der Waals surface area (Å²) >= 11 is 0. The minimum atomic E-state index is -0.309. The summed E-state index contributed by atoms with van der Waals surface area (Å²) in [6.07, 6.45) is 0. The van der Waals surface area contributed by atoms with Crippen LogP contribution in [0.1, 0.15) is 15.9 Å². The van der Waals surface area contributed by atoms with Crippen molar-refractivity contribution in [1.29, 1.82) is 0 Å². The van der Waals surface area contributed by atoms with Gasteiger partial charge in [-0.25, -0.2) is 0 Å². The van der Waals surface area contributed by atoms with Gasteiger partial charge in [0, 0.05) is 6.54 Å². The molecule has 23 heavy (non-hydrogen) atoms. The monoisotopic (exact) mass is 307 g/mol. The lowest BCUT2D eigenvalue weighted by atomic mass is 10.1. The minimum absolute atomic E-state index is 0.0214. The Morgan fingerprint density at radius 3 is 2.52 bits per heavy atom. The Morgan fingerprint density at radius 2 is 1.78 bits per heavy atom. The molecule has 0 heterocycles. The highest BCUT2D eigenvalue weighted by Crippen LogP contribution is 2.25. The summed E-state index contributed by atoms with van der Waals surface area (Å²) in [5.74, 6) is 0.410. The smallest absolute Gasteiger partial charge is 0.255 e. The first-order chi connectivity index (χ1) is 11.2. The molecule has 0 aliphatic carbocycles. The number of fused-ring (bicyclic) bond motifs is 1. The molecule has 0 spiro atoms. The summed E-state index contributed by atoms with van der Waals surface area (Å²) in [4.78, 5) is 12.3. The molecule has 4 nitrogen and oxygen atoms in total. The van der Waals surface area contributed by atoms with E-state index in [-0.39, 0.29) is 17.2 Å². The fourth-order valence-corrected chi connectivity index (χ4v) is 2.47. The summed E-state index contributed by atoms with van der Waals surface area (Å²) in [6.45, 7) is 0.363. The number of carbonyl (C=O) groups is 1. The molecule has 0 atom stereocenters. The number of methoxy groups -OCH3 is 1. The van der Waals surface area contributed by atoms with E-state index in [9.17, 15) is 9.90 Å². The fraction of sp³-hybridized carbons (Fsp3) is 0.105. The zero-order valence-electron chi connectivity index (χ0n) is 12.7. The molecule has 1 amide bonds. The third kappa shape index (κ3) is 3.26. The van der Waals surface area contributed by atoms with Crippen molar-refractivity contribution in [1.82, 2.24) is 5.32 Å². The van der Waals surface area contributed by atoms with Crippen LogP contribution in [0, 0.1) is 0 Å². The molecule has 2 N–H and O–H groups in total. The van der Waals surface area contributed by atoms with Gasteiger partial charge in [0.15, 0.2) is 0 Å². The Kier molecular flexibility index (Phi) is 4.15. The van der Waals surface area contributed by atoms with Crippen molar-refractivity contribution in [3.8, 4) is 11.5 Å². The number of benzene rings is 3. The Labute approximate surface area is 134 Å². The molecule has 0 saturated carbocycles. The van der Waals surface area contributed by atoms with E-state index < -0.39 is 0 Å². The van der Waals surface area contributed by atoms with E-state index in [1.54, 1.807) is 19.2 Å². The van der Waals surface area contributed by atoms with Crippen molar-refractivity contribution < 1.29 is 14.6 Å². The number of hydrogen-bond donors (Lipinski definition) is 2. The predicted molar refractivity (Wildman–Crippen MR) is 89.8 cm³/mol. The molecule has 0 aliphatic heterocycles. The highest BCUT2D eigenvalue weighted by Gasteiger charge is 2.12. The van der Waals surface area contributed by atoms with Crippen LogP contribution in [0.5, 0.6) is 11.5 Å². The Balaban J connectivity index is 1.79. The predicted octanol–water partition coefficient (Wildman–Crippen LogP) is 3.48. The van der Waals surface area contributed by atoms with Crippen LogP contribution in [-0.2, 0) is 6.54 Å². The van der Waals surface area contributed by atoms with Crippen LogP contribution >= 0.6 is 0 Å². The van der Waals surface area contributed by atoms with Crippen molar-refractivity contribution >= 4 is 16.7 Å². The number of ether oxygens (including phenoxy) is 1. The number of aromatic hydroxyl groups is 1. The van der Waals surface area contributed by atoms with Gasteiger partial charge in [0.25, 0.3) is 5.91 Å². The molecule has 0 aliphatic rings. The third-order valence-corrected chi connectivity index (χ3v) is 3.70. The van der Waals surface area contributed by atoms with E-state index in [0.29, 0.717) is 6.54 Å². The van der Waals surface area contributed by atoms with Crippen molar-refractivity contribution in [2.45, 2.75) is 6.54 Å². The average Bonchev–Trinajstić information content (AvgIpc) is 2.59. The number of phenolic OH excluding ortho intramolecular Hbond substituents is 1. The quantitative estimate of drug-likeness (QED) is 0.776. The van der Waals surface area contributed by atoms with Gasteiger partial charge >= 0.3 is 0 Å². The van der Waals surface area contributed by atoms with Crippen molar-refractivity contribution in [3.05, 3.63) is 71.8 Å². The third-order valence-electron chi connectivity index (χ3n) is 3.70. The van der Waals surface area contributed by atoms with E-state index in [4.69, 9.17) is 4.74 Å². The van der Waals surface area contributed by atoms with Crippen LogP contribution in [0.3, 0.4) is 0 Å². The summed E-state index contributed by atoms with van der Waals surface area (Å²) in [7, 11) is 1.60. The molecule has 116 valence electrons. The number of carbonyl (C=O) groups excluding carboxylic acids is 1. The second-order valence-electron chi connectivity index (χ2n) is 5.25. The molecule has 0 bridgehead atoms. The van der Waals surface area contributed by atoms with Gasteiger partial charge in [0.1, 0.15) is 11.5 Å². The lowest BCUT2D eigenvalue weighted by Crippen LogP contribution is -2.22. The SMILES string of the molecule is COc1cccc(CNC(=O)c2cc3ccccc3cc2O)c1. The topological polar surface area (TPSA) is 58.6 Å². The van der Waals surface area contributed by atoms with Gasteiger partial charge in [0.05, 0.1) is 12.7 Å². The van der Waals surface area contributed by atoms with Gasteiger partial charge in [-0.15, -0.1) is 0 Å². The lowest BCUT2D eigenvalue weighted by molar-refractivity contribution is 0.0948. The Hall–Kier alpha value is -3.01. The zero-order chi connectivity index (χ0) is 16.2. The number of rotatable bonds is 4. The summed E-state index contributed by atoms with van der Waals surface area (Å²) in [6, 6.07) is 18.4. The van der Waals surface area contributed by atoms with Gasteiger partial charge < -0.3 is 15.2 Å². The van der Waals surface area contributed by atoms with E-state index >= 15 is 0 Å². The van der Waals surface area contributed by atoms with E-state index in [1.807, 2.05) is 48.5 Å². The molecule has 3 aromatic carbocycles. The van der Waals surface area contributed by atoms with Crippen LogP contribution in [0.4, 0.5) is 0 Å². The van der Waals surface area contributed by atoms with E-state index in [1.165, 1.54) is 0 Å². The van der Waals surface area contributed by atoms with Gasteiger partial charge in [-0.2, -0.15) is 0 Å². The van der Waals surface area contributed by atoms with Crippen LogP contribution < -0.4 is 10.1 Å². The first-order valence-electron chi connectivity index (χ1n) is 7.30. The molecule has 0 radical (unpaired) electrons. The molecule has 4 heteroatoms. The van der Waals surface area contributed by atoms with Crippen molar-refractivity contribution in [3.63, 3.8) is 0 Å². The van der Waals surface area contributed by atoms with Crippen LogP contribution in [0.2, 0.25) is 0 Å². The maximum absolute atomic E-state index is 12.3. The molecule has 0 fully saturated rings. The van der Waals surface area contributed by atoms with Crippen LogP contribution in [-0.4, -0.2) is 18.1 Å². The zero-order valence-corrected chi connectivity index (χ0v) is 12.7. The van der Waals surface area contributed by atoms with Gasteiger partial charge in [-0.05, 0) is 40.6 Å². The molecule has 0 aromatic heterocycles. The molecular formula is C19H17NO3. The molecular weight excluding hydrogens is 290 g/mol. The van der Waals surface area contributed by atoms with E-state index in [2.05, 4.69) is 5.32 Å². The van der Waals surface area contributed by atoms with Crippen LogP contribution in [0.15, 0.2) is 60.7 Å². The van der Waals surface area contributed by atoms with Gasteiger partial charge in [0.2, 0.25) is 0 Å². The average molecular weight is 307 g/mol. The normalized spacial score (nSPS) is 10.5. The summed E-state index contributed by atoms with van der Waals surface area (Å²) in [5, 5.41) is 14.7. The first kappa shape index (κ1) is 14.9. The summed E-state index contributed by atoms with van der Waals surface area (Å²) < 4.78 is 5.16. The molecule has 0 saturated heterocycles. The van der Waals surface area contributed by atoms with Crippen molar-refractivity contribution in [2.24, 2.45) is 0 Å². The minimum Gasteiger partial charge on any atom is -0.507 e. The van der Waals surface area contributed by atoms with Gasteiger partial charge in [-0.3, -0.25) is 4.79 Å². The van der Waals surface area contributed by atoms with Crippen LogP contribution in [0.25, 0.3) is 10.8 Å². The number of hydrogen-bond acceptors (Lipinski definition) is 3. The first-order valence-corrected chi connectivity index (χ1v) is 7.30. The number of phenols is 1. The molecule has 0 unspecified atom stereocenters. The van der Waals surface area contributed by atoms with Crippen molar-refractivity contribution in [2.75, 3.05) is 7.11 Å². The Bertz CT molecular complexity index is 858. The summed E-state index contributed by atoms with van der Waals surface area (Å²) in [5.41, 5.74) is 1.20. The lowest BCUT2D eigenvalue weighted by Gasteiger charge is -2.09. The van der Waals surface area contributed by atoms with E-state index in [0.717, 1.165) is 22.1 Å².